The third-order valence-corrected chi connectivity index (χ3v) is 4.88. The van der Waals surface area contributed by atoms with Gasteiger partial charge < -0.3 is 15.1 Å². The van der Waals surface area contributed by atoms with Crippen LogP contribution in [-0.2, 0) is 9.59 Å². The van der Waals surface area contributed by atoms with Crippen molar-refractivity contribution >= 4 is 17.6 Å². The second-order valence-electron chi connectivity index (χ2n) is 6.58. The number of carbonyl (C=O) groups excluding carboxylic acids is 2. The monoisotopic (exact) mass is 342 g/mol. The molecule has 6 nitrogen and oxygen atoms in total. The summed E-state index contributed by atoms with van der Waals surface area (Å²) in [5.74, 6) is 1.23. The molecule has 25 heavy (non-hydrogen) atoms. The van der Waals surface area contributed by atoms with E-state index in [2.05, 4.69) is 27.4 Å². The maximum absolute atomic E-state index is 12.3. The quantitative estimate of drug-likeness (QED) is 0.826. The lowest BCUT2D eigenvalue weighted by molar-refractivity contribution is -0.131. The van der Waals surface area contributed by atoms with E-state index in [-0.39, 0.29) is 17.7 Å². The first-order valence-electron chi connectivity index (χ1n) is 9.10. The molecule has 1 saturated heterocycles. The molecule has 3 rings (SSSR count). The van der Waals surface area contributed by atoms with Crippen molar-refractivity contribution in [2.75, 3.05) is 37.6 Å². The number of hydrogen-bond acceptors (Lipinski definition) is 4. The van der Waals surface area contributed by atoms with Crippen molar-refractivity contribution in [1.29, 1.82) is 0 Å². The van der Waals surface area contributed by atoms with Gasteiger partial charge in [0.15, 0.2) is 0 Å². The number of hydrogen-bond donors (Lipinski definition) is 1. The smallest absolute Gasteiger partial charge is 0.224 e. The fraction of sp³-hybridized carbons (Fsp3) is 0.526. The van der Waals surface area contributed by atoms with E-state index in [1.165, 1.54) is 0 Å². The van der Waals surface area contributed by atoms with Gasteiger partial charge in [-0.1, -0.05) is 18.2 Å². The van der Waals surface area contributed by atoms with Crippen LogP contribution in [-0.4, -0.2) is 54.4 Å². The molecule has 0 saturated carbocycles. The summed E-state index contributed by atoms with van der Waals surface area (Å²) in [5.41, 5.74) is 0. The molecule has 1 unspecified atom stereocenters. The summed E-state index contributed by atoms with van der Waals surface area (Å²) in [7, 11) is 0. The zero-order valence-corrected chi connectivity index (χ0v) is 14.6. The van der Waals surface area contributed by atoms with Crippen molar-refractivity contribution in [2.45, 2.75) is 25.7 Å². The van der Waals surface area contributed by atoms with Gasteiger partial charge >= 0.3 is 0 Å². The van der Waals surface area contributed by atoms with E-state index < -0.39 is 0 Å². The first-order chi connectivity index (χ1) is 12.2. The predicted octanol–water partition coefficient (Wildman–Crippen LogP) is 1.59. The maximum atomic E-state index is 12.3. The van der Waals surface area contributed by atoms with Gasteiger partial charge in [-0.15, -0.1) is 0 Å². The largest absolute Gasteiger partial charge is 0.355 e. The number of carbonyl (C=O) groups is 2. The number of nitrogens with zero attached hydrogens (tertiary/aromatic N) is 3. The predicted molar refractivity (Wildman–Crippen MR) is 97.1 cm³/mol. The summed E-state index contributed by atoms with van der Waals surface area (Å²) in [6, 6.07) is 5.87. The lowest BCUT2D eigenvalue weighted by Crippen LogP contribution is -2.49. The minimum Gasteiger partial charge on any atom is -0.355 e. The van der Waals surface area contributed by atoms with Crippen LogP contribution < -0.4 is 10.2 Å². The third-order valence-electron chi connectivity index (χ3n) is 4.88. The van der Waals surface area contributed by atoms with Crippen LogP contribution in [0.15, 0.2) is 36.5 Å². The Morgan fingerprint density at radius 3 is 2.68 bits per heavy atom. The number of rotatable bonds is 5. The van der Waals surface area contributed by atoms with Crippen LogP contribution in [0.2, 0.25) is 0 Å². The number of piperazine rings is 1. The van der Waals surface area contributed by atoms with E-state index in [0.717, 1.165) is 38.2 Å². The fourth-order valence-electron chi connectivity index (χ4n) is 3.35. The van der Waals surface area contributed by atoms with Gasteiger partial charge in [-0.25, -0.2) is 4.98 Å². The number of aromatic nitrogens is 1. The molecule has 1 fully saturated rings. The minimum atomic E-state index is 0.0713. The average molecular weight is 342 g/mol. The molecule has 0 aromatic carbocycles. The summed E-state index contributed by atoms with van der Waals surface area (Å²) in [4.78, 5) is 32.8. The van der Waals surface area contributed by atoms with Crippen molar-refractivity contribution in [1.82, 2.24) is 15.2 Å². The molecular weight excluding hydrogens is 316 g/mol. The van der Waals surface area contributed by atoms with Crippen molar-refractivity contribution in [2.24, 2.45) is 5.92 Å². The van der Waals surface area contributed by atoms with E-state index in [4.69, 9.17) is 0 Å². The molecule has 6 heteroatoms. The Kier molecular flexibility index (Phi) is 6.04. The summed E-state index contributed by atoms with van der Waals surface area (Å²) in [6.45, 7) is 3.43. The van der Waals surface area contributed by atoms with Crippen LogP contribution in [0, 0.1) is 5.92 Å². The summed E-state index contributed by atoms with van der Waals surface area (Å²) >= 11 is 0. The second kappa shape index (κ2) is 8.65. The SMILES string of the molecule is O=C(NCCC(=O)N1CCN(c2ccccn2)CC1)C1CC=CCC1. The van der Waals surface area contributed by atoms with Crippen molar-refractivity contribution in [3.05, 3.63) is 36.5 Å². The van der Waals surface area contributed by atoms with Gasteiger partial charge in [-0.3, -0.25) is 9.59 Å². The van der Waals surface area contributed by atoms with Gasteiger partial charge in [0.2, 0.25) is 11.8 Å². The standard InChI is InChI=1S/C19H26N4O2/c24-18(9-11-21-19(25)16-6-2-1-3-7-16)23-14-12-22(13-15-23)17-8-4-5-10-20-17/h1-2,4-5,8,10,16H,3,6-7,9,11-15H2,(H,21,25). The molecule has 1 aromatic rings. The van der Waals surface area contributed by atoms with E-state index in [1.54, 1.807) is 6.20 Å². The number of amides is 2. The van der Waals surface area contributed by atoms with E-state index in [9.17, 15) is 9.59 Å². The summed E-state index contributed by atoms with van der Waals surface area (Å²) in [5, 5.41) is 2.92. The molecule has 2 heterocycles. The molecule has 1 N–H and O–H groups in total. The third kappa shape index (κ3) is 4.81. The van der Waals surface area contributed by atoms with Gasteiger partial charge in [0.1, 0.15) is 5.82 Å². The minimum absolute atomic E-state index is 0.0713. The van der Waals surface area contributed by atoms with Gasteiger partial charge in [-0.05, 0) is 31.4 Å². The van der Waals surface area contributed by atoms with Crippen LogP contribution in [0.25, 0.3) is 0 Å². The number of allylic oxidation sites excluding steroid dienone is 2. The van der Waals surface area contributed by atoms with Gasteiger partial charge in [0, 0.05) is 51.3 Å². The van der Waals surface area contributed by atoms with Crippen molar-refractivity contribution in [3.63, 3.8) is 0 Å². The fourth-order valence-corrected chi connectivity index (χ4v) is 3.35. The Labute approximate surface area is 148 Å². The first kappa shape index (κ1) is 17.5. The Hall–Kier alpha value is -2.37. The summed E-state index contributed by atoms with van der Waals surface area (Å²) in [6.07, 6.45) is 9.05. The van der Waals surface area contributed by atoms with Gasteiger partial charge in [0.25, 0.3) is 0 Å². The van der Waals surface area contributed by atoms with Crippen LogP contribution in [0.4, 0.5) is 5.82 Å². The normalized spacial score (nSPS) is 20.4. The van der Waals surface area contributed by atoms with Crippen molar-refractivity contribution in [3.8, 4) is 0 Å². The highest BCUT2D eigenvalue weighted by Crippen LogP contribution is 2.18. The van der Waals surface area contributed by atoms with Crippen LogP contribution in [0.1, 0.15) is 25.7 Å². The van der Waals surface area contributed by atoms with Crippen LogP contribution in [0.3, 0.4) is 0 Å². The first-order valence-corrected chi connectivity index (χ1v) is 9.10. The van der Waals surface area contributed by atoms with Crippen LogP contribution >= 0.6 is 0 Å². The molecule has 0 spiro atoms. The Morgan fingerprint density at radius 2 is 2.00 bits per heavy atom. The number of nitrogens with one attached hydrogen (secondary N) is 1. The molecule has 134 valence electrons. The highest BCUT2D eigenvalue weighted by molar-refractivity contribution is 5.81. The zero-order valence-electron chi connectivity index (χ0n) is 14.6. The Morgan fingerprint density at radius 1 is 1.16 bits per heavy atom. The molecule has 1 aromatic heterocycles. The Bertz CT molecular complexity index is 609. The molecule has 2 aliphatic rings. The topological polar surface area (TPSA) is 65.5 Å². The Balaban J connectivity index is 1.36. The lowest BCUT2D eigenvalue weighted by Gasteiger charge is -2.35. The second-order valence-corrected chi connectivity index (χ2v) is 6.58. The molecule has 1 aliphatic heterocycles. The van der Waals surface area contributed by atoms with E-state index in [1.807, 2.05) is 23.1 Å². The molecule has 0 bridgehead atoms. The van der Waals surface area contributed by atoms with Crippen LogP contribution in [0.5, 0.6) is 0 Å². The maximum Gasteiger partial charge on any atom is 0.224 e. The van der Waals surface area contributed by atoms with Gasteiger partial charge in [-0.2, -0.15) is 0 Å². The van der Waals surface area contributed by atoms with Gasteiger partial charge in [0.05, 0.1) is 0 Å². The number of pyridine rings is 1. The highest BCUT2D eigenvalue weighted by atomic mass is 16.2. The molecule has 2 amide bonds. The molecule has 0 radical (unpaired) electrons. The molecular formula is C19H26N4O2. The van der Waals surface area contributed by atoms with E-state index >= 15 is 0 Å². The molecule has 1 aliphatic carbocycles. The van der Waals surface area contributed by atoms with Crippen molar-refractivity contribution < 1.29 is 9.59 Å². The summed E-state index contributed by atoms with van der Waals surface area (Å²) < 4.78 is 0. The van der Waals surface area contributed by atoms with E-state index in [0.29, 0.717) is 26.1 Å². The average Bonchev–Trinajstić information content (AvgIpc) is 2.69. The highest BCUT2D eigenvalue weighted by Gasteiger charge is 2.22. The zero-order chi connectivity index (χ0) is 17.5. The molecule has 1 atom stereocenters. The number of anilines is 1. The lowest BCUT2D eigenvalue weighted by atomic mass is 9.94.